The third kappa shape index (κ3) is 6.80. The Hall–Kier alpha value is -1.28. The Kier molecular flexibility index (Phi) is 7.31. The molecule has 0 unspecified atom stereocenters. The summed E-state index contributed by atoms with van der Waals surface area (Å²) in [5.41, 5.74) is 5.21. The number of carboxylic acids is 2. The molecule has 1 amide bonds. The lowest BCUT2D eigenvalue weighted by Gasteiger charge is -2.13. The highest BCUT2D eigenvalue weighted by atomic mass is 32.2. The van der Waals surface area contributed by atoms with Crippen molar-refractivity contribution in [1.82, 2.24) is 5.32 Å². The first-order valence-electron chi connectivity index (χ1n) is 4.88. The minimum atomic E-state index is -1.18. The third-order valence-electron chi connectivity index (χ3n) is 1.97. The molecule has 7 nitrogen and oxygen atoms in total. The number of aliphatic carboxylic acids is 2. The molecule has 0 aliphatic carbocycles. The van der Waals surface area contributed by atoms with Crippen molar-refractivity contribution in [2.75, 3.05) is 12.0 Å². The molecule has 0 saturated carbocycles. The summed E-state index contributed by atoms with van der Waals surface area (Å²) in [4.78, 5) is 32.4. The van der Waals surface area contributed by atoms with Crippen molar-refractivity contribution >= 4 is 29.6 Å². The third-order valence-corrected chi connectivity index (χ3v) is 2.63. The number of nitrogens with one attached hydrogen (secondary N) is 1. The van der Waals surface area contributed by atoms with Crippen LogP contribution in [-0.4, -0.2) is 52.2 Å². The molecule has 17 heavy (non-hydrogen) atoms. The van der Waals surface area contributed by atoms with Crippen LogP contribution in [0.5, 0.6) is 0 Å². The van der Waals surface area contributed by atoms with Crippen LogP contribution in [0.25, 0.3) is 0 Å². The molecule has 98 valence electrons. The van der Waals surface area contributed by atoms with Gasteiger partial charge in [0.2, 0.25) is 5.91 Å². The van der Waals surface area contributed by atoms with Gasteiger partial charge in [-0.05, 0) is 12.7 Å². The van der Waals surface area contributed by atoms with Crippen molar-refractivity contribution in [2.24, 2.45) is 5.73 Å². The molecule has 0 heterocycles. The second-order valence-corrected chi connectivity index (χ2v) is 4.31. The average molecular weight is 264 g/mol. The van der Waals surface area contributed by atoms with Gasteiger partial charge in [-0.3, -0.25) is 9.59 Å². The molecule has 0 aromatic rings. The van der Waals surface area contributed by atoms with E-state index in [0.29, 0.717) is 0 Å². The van der Waals surface area contributed by atoms with E-state index in [2.05, 4.69) is 5.32 Å². The zero-order valence-electron chi connectivity index (χ0n) is 9.38. The summed E-state index contributed by atoms with van der Waals surface area (Å²) < 4.78 is 0. The summed E-state index contributed by atoms with van der Waals surface area (Å²) in [6.45, 7) is 0. The highest BCUT2D eigenvalue weighted by molar-refractivity contribution is 7.98. The van der Waals surface area contributed by atoms with Crippen molar-refractivity contribution in [3.05, 3.63) is 0 Å². The fourth-order valence-electron chi connectivity index (χ4n) is 1.02. The van der Waals surface area contributed by atoms with E-state index in [0.717, 1.165) is 0 Å². The Bertz CT molecular complexity index is 297. The van der Waals surface area contributed by atoms with Gasteiger partial charge in [-0.2, -0.15) is 11.8 Å². The highest BCUT2D eigenvalue weighted by Gasteiger charge is 2.20. The van der Waals surface area contributed by atoms with Gasteiger partial charge in [0.05, 0.1) is 0 Å². The fourth-order valence-corrected chi connectivity index (χ4v) is 1.58. The molecule has 8 heteroatoms. The second-order valence-electron chi connectivity index (χ2n) is 3.40. The van der Waals surface area contributed by atoms with E-state index < -0.39 is 29.9 Å². The lowest BCUT2D eigenvalue weighted by Crippen LogP contribution is -2.43. The minimum absolute atomic E-state index is 0.0211. The van der Waals surface area contributed by atoms with Gasteiger partial charge in [0.15, 0.2) is 0 Å². The van der Waals surface area contributed by atoms with Gasteiger partial charge in [-0.25, -0.2) is 4.79 Å². The molecule has 0 rings (SSSR count). The van der Waals surface area contributed by atoms with Crippen LogP contribution in [0.3, 0.4) is 0 Å². The summed E-state index contributed by atoms with van der Waals surface area (Å²) in [5.74, 6) is -2.55. The predicted molar refractivity (Wildman–Crippen MR) is 62.8 cm³/mol. The number of rotatable bonds is 8. The molecule has 0 fully saturated rings. The van der Waals surface area contributed by atoms with Crippen LogP contribution < -0.4 is 11.1 Å². The molecular weight excluding hydrogens is 248 g/mol. The standard InChI is InChI=1S/C9H16N2O5S/c1-17-4-6(9(15)16)11-7(12)3-2-5(10)8(13)14/h5-6H,2-4,10H2,1H3,(H,11,12)(H,13,14)(H,15,16)/t5-,6+/m1/s1. The molecule has 0 spiro atoms. The van der Waals surface area contributed by atoms with E-state index in [9.17, 15) is 14.4 Å². The van der Waals surface area contributed by atoms with E-state index in [4.69, 9.17) is 15.9 Å². The van der Waals surface area contributed by atoms with Crippen LogP contribution in [0.4, 0.5) is 0 Å². The van der Waals surface area contributed by atoms with Crippen molar-refractivity contribution < 1.29 is 24.6 Å². The summed E-state index contributed by atoms with van der Waals surface area (Å²) >= 11 is 1.29. The Morgan fingerprint density at radius 3 is 2.29 bits per heavy atom. The van der Waals surface area contributed by atoms with Crippen LogP contribution in [-0.2, 0) is 14.4 Å². The van der Waals surface area contributed by atoms with Gasteiger partial charge in [0.25, 0.3) is 0 Å². The van der Waals surface area contributed by atoms with E-state index >= 15 is 0 Å². The number of hydrogen-bond acceptors (Lipinski definition) is 5. The van der Waals surface area contributed by atoms with Gasteiger partial charge in [0, 0.05) is 12.2 Å². The van der Waals surface area contributed by atoms with Gasteiger partial charge < -0.3 is 21.3 Å². The molecule has 0 aliphatic heterocycles. The van der Waals surface area contributed by atoms with E-state index in [-0.39, 0.29) is 18.6 Å². The van der Waals surface area contributed by atoms with Crippen LogP contribution in [0.15, 0.2) is 0 Å². The number of amides is 1. The smallest absolute Gasteiger partial charge is 0.327 e. The number of thioether (sulfide) groups is 1. The molecule has 0 aromatic carbocycles. The zero-order chi connectivity index (χ0) is 13.4. The monoisotopic (exact) mass is 264 g/mol. The Labute approximate surface area is 103 Å². The fraction of sp³-hybridized carbons (Fsp3) is 0.667. The van der Waals surface area contributed by atoms with Crippen LogP contribution in [0.1, 0.15) is 12.8 Å². The summed E-state index contributed by atoms with van der Waals surface area (Å²) in [7, 11) is 0. The maximum absolute atomic E-state index is 11.3. The lowest BCUT2D eigenvalue weighted by atomic mass is 10.1. The van der Waals surface area contributed by atoms with Gasteiger partial charge >= 0.3 is 11.9 Å². The quantitative estimate of drug-likeness (QED) is 0.447. The normalized spacial score (nSPS) is 13.8. The Balaban J connectivity index is 4.06. The van der Waals surface area contributed by atoms with Crippen molar-refractivity contribution in [2.45, 2.75) is 24.9 Å². The maximum atomic E-state index is 11.3. The molecule has 2 atom stereocenters. The number of nitrogens with two attached hydrogens (primary N) is 1. The maximum Gasteiger partial charge on any atom is 0.327 e. The number of hydrogen-bond donors (Lipinski definition) is 4. The first kappa shape index (κ1) is 15.7. The van der Waals surface area contributed by atoms with E-state index in [1.54, 1.807) is 6.26 Å². The van der Waals surface area contributed by atoms with Crippen molar-refractivity contribution in [3.63, 3.8) is 0 Å². The van der Waals surface area contributed by atoms with Crippen LogP contribution in [0, 0.1) is 0 Å². The van der Waals surface area contributed by atoms with Crippen LogP contribution >= 0.6 is 11.8 Å². The molecule has 0 radical (unpaired) electrons. The van der Waals surface area contributed by atoms with Crippen molar-refractivity contribution in [3.8, 4) is 0 Å². The van der Waals surface area contributed by atoms with E-state index in [1.165, 1.54) is 11.8 Å². The summed E-state index contributed by atoms with van der Waals surface area (Å²) in [5, 5.41) is 19.6. The molecule has 5 N–H and O–H groups in total. The first-order valence-corrected chi connectivity index (χ1v) is 6.27. The zero-order valence-corrected chi connectivity index (χ0v) is 10.2. The number of carboxylic acid groups (broad SMARTS) is 2. The molecule has 0 bridgehead atoms. The largest absolute Gasteiger partial charge is 0.480 e. The lowest BCUT2D eigenvalue weighted by molar-refractivity contribution is -0.141. The Morgan fingerprint density at radius 1 is 1.29 bits per heavy atom. The number of carbonyl (C=O) groups is 3. The summed E-state index contributed by atoms with van der Waals surface area (Å²) in [6.07, 6.45) is 1.60. The average Bonchev–Trinajstić information content (AvgIpc) is 2.24. The molecule has 0 saturated heterocycles. The summed E-state index contributed by atoms with van der Waals surface area (Å²) in [6, 6.07) is -2.07. The molecular formula is C9H16N2O5S. The first-order chi connectivity index (χ1) is 7.88. The Morgan fingerprint density at radius 2 is 1.88 bits per heavy atom. The number of carbonyl (C=O) groups excluding carboxylic acids is 1. The van der Waals surface area contributed by atoms with Gasteiger partial charge in [0.1, 0.15) is 12.1 Å². The van der Waals surface area contributed by atoms with Gasteiger partial charge in [-0.15, -0.1) is 0 Å². The van der Waals surface area contributed by atoms with E-state index in [1.807, 2.05) is 0 Å². The van der Waals surface area contributed by atoms with Crippen LogP contribution in [0.2, 0.25) is 0 Å². The predicted octanol–water partition coefficient (Wildman–Crippen LogP) is -0.889. The van der Waals surface area contributed by atoms with Crippen molar-refractivity contribution in [1.29, 1.82) is 0 Å². The molecule has 0 aliphatic rings. The second kappa shape index (κ2) is 7.91. The van der Waals surface area contributed by atoms with Gasteiger partial charge in [-0.1, -0.05) is 0 Å². The SMILES string of the molecule is CSC[C@H](NC(=O)CC[C@@H](N)C(=O)O)C(=O)O. The minimum Gasteiger partial charge on any atom is -0.480 e. The molecule has 0 aromatic heterocycles. The topological polar surface area (TPSA) is 130 Å². The highest BCUT2D eigenvalue weighted by Crippen LogP contribution is 2.00.